The second-order valence-electron chi connectivity index (χ2n) is 8.34. The number of nitrogens with zero attached hydrogens (tertiary/aromatic N) is 1. The van der Waals surface area contributed by atoms with Crippen molar-refractivity contribution in [2.75, 3.05) is 13.7 Å². The number of ether oxygens (including phenoxy) is 3. The molecule has 196 valence electrons. The minimum atomic E-state index is -0.648. The molecule has 1 aliphatic heterocycles. The second-order valence-corrected chi connectivity index (χ2v) is 8.34. The van der Waals surface area contributed by atoms with Crippen molar-refractivity contribution in [3.8, 4) is 11.5 Å². The van der Waals surface area contributed by atoms with Crippen LogP contribution in [-0.2, 0) is 29.1 Å². The molecule has 0 aliphatic carbocycles. The molecule has 38 heavy (non-hydrogen) atoms. The van der Waals surface area contributed by atoms with Crippen LogP contribution in [0.2, 0.25) is 0 Å². The number of urea groups is 1. The lowest BCUT2D eigenvalue weighted by atomic mass is 10.0. The fourth-order valence-corrected chi connectivity index (χ4v) is 3.94. The van der Waals surface area contributed by atoms with Crippen LogP contribution in [0.1, 0.15) is 39.9 Å². The lowest BCUT2D eigenvalue weighted by molar-refractivity contribution is -0.123. The Balaban J connectivity index is 1.58. The lowest BCUT2D eigenvalue weighted by Gasteiger charge is -2.17. The van der Waals surface area contributed by atoms with E-state index in [1.54, 1.807) is 18.2 Å². The summed E-state index contributed by atoms with van der Waals surface area (Å²) in [6.45, 7) is 6.35. The Bertz CT molecular complexity index is 1370. The Hall–Kier alpha value is -4.79. The Kier molecular flexibility index (Phi) is 8.27. The first kappa shape index (κ1) is 26.3. The number of hydrogen-bond acceptors (Lipinski definition) is 7. The molecule has 0 unspecified atom stereocenters. The molecule has 2 heterocycles. The maximum absolute atomic E-state index is 13.0. The fourth-order valence-electron chi connectivity index (χ4n) is 3.94. The molecule has 1 fully saturated rings. The summed E-state index contributed by atoms with van der Waals surface area (Å²) >= 11 is 0. The maximum atomic E-state index is 13.0. The first-order valence-electron chi connectivity index (χ1n) is 12.0. The van der Waals surface area contributed by atoms with Crippen LogP contribution in [-0.4, -0.2) is 36.5 Å². The van der Waals surface area contributed by atoms with Gasteiger partial charge in [-0.3, -0.25) is 9.69 Å². The summed E-state index contributed by atoms with van der Waals surface area (Å²) in [5, 5.41) is 2.60. The third-order valence-corrected chi connectivity index (χ3v) is 5.68. The normalized spacial score (nSPS) is 13.9. The van der Waals surface area contributed by atoms with E-state index in [9.17, 15) is 14.4 Å². The van der Waals surface area contributed by atoms with Gasteiger partial charge in [-0.2, -0.15) is 0 Å². The number of hydrogen-bond donors (Lipinski definition) is 1. The van der Waals surface area contributed by atoms with Crippen LogP contribution in [0.25, 0.3) is 6.08 Å². The van der Waals surface area contributed by atoms with Gasteiger partial charge in [0, 0.05) is 5.56 Å². The third-order valence-electron chi connectivity index (χ3n) is 5.68. The second kappa shape index (κ2) is 12.0. The molecule has 0 spiro atoms. The van der Waals surface area contributed by atoms with Crippen molar-refractivity contribution in [1.82, 2.24) is 10.2 Å². The summed E-state index contributed by atoms with van der Waals surface area (Å²) in [5.74, 6) is 0.193. The standard InChI is InChI=1S/C29H28N2O7/c1-4-9-21-14-20(16-25(36-5-2)26(21)37-18-19-10-7-6-8-11-19)15-23-27(32)31(29(34)30-23)17-22-12-13-24(38-22)28(33)35-3/h4,6-8,10-16H,1,5,9,17-18H2,2-3H3,(H,30,34)/b23-15-. The first-order chi connectivity index (χ1) is 18.4. The van der Waals surface area contributed by atoms with E-state index in [0.29, 0.717) is 36.7 Å². The first-order valence-corrected chi connectivity index (χ1v) is 12.0. The molecule has 1 N–H and O–H groups in total. The van der Waals surface area contributed by atoms with E-state index in [4.69, 9.17) is 13.9 Å². The maximum Gasteiger partial charge on any atom is 0.373 e. The van der Waals surface area contributed by atoms with Gasteiger partial charge in [0.15, 0.2) is 11.5 Å². The van der Waals surface area contributed by atoms with Gasteiger partial charge in [0.2, 0.25) is 5.76 Å². The van der Waals surface area contributed by atoms with Crippen molar-refractivity contribution in [3.05, 3.63) is 101 Å². The quantitative estimate of drug-likeness (QED) is 0.168. The molecule has 9 nitrogen and oxygen atoms in total. The third kappa shape index (κ3) is 5.95. The summed E-state index contributed by atoms with van der Waals surface area (Å²) in [4.78, 5) is 38.2. The molecule has 0 radical (unpaired) electrons. The zero-order chi connectivity index (χ0) is 27.1. The zero-order valence-electron chi connectivity index (χ0n) is 21.2. The number of methoxy groups -OCH3 is 1. The number of benzene rings is 2. The van der Waals surface area contributed by atoms with Crippen molar-refractivity contribution >= 4 is 24.0 Å². The molecule has 9 heteroatoms. The minimum absolute atomic E-state index is 0.0157. The Morgan fingerprint density at radius 2 is 1.89 bits per heavy atom. The van der Waals surface area contributed by atoms with Gasteiger partial charge in [-0.1, -0.05) is 36.4 Å². The Morgan fingerprint density at radius 3 is 2.61 bits per heavy atom. The number of carbonyl (C=O) groups is 3. The molecule has 1 aliphatic rings. The highest BCUT2D eigenvalue weighted by Crippen LogP contribution is 2.35. The van der Waals surface area contributed by atoms with Gasteiger partial charge in [0.05, 0.1) is 20.3 Å². The van der Waals surface area contributed by atoms with Crippen molar-refractivity contribution in [2.45, 2.75) is 26.5 Å². The zero-order valence-corrected chi connectivity index (χ0v) is 21.2. The number of esters is 1. The van der Waals surface area contributed by atoms with Crippen LogP contribution in [0, 0.1) is 0 Å². The molecule has 0 bridgehead atoms. The van der Waals surface area contributed by atoms with Crippen LogP contribution < -0.4 is 14.8 Å². The summed E-state index contributed by atoms with van der Waals surface area (Å²) in [5.41, 5.74) is 2.59. The van der Waals surface area contributed by atoms with Gasteiger partial charge in [-0.15, -0.1) is 6.58 Å². The average Bonchev–Trinajstić information content (AvgIpc) is 3.49. The van der Waals surface area contributed by atoms with E-state index >= 15 is 0 Å². The molecule has 2 aromatic carbocycles. The smallest absolute Gasteiger partial charge is 0.373 e. The van der Waals surface area contributed by atoms with Crippen LogP contribution >= 0.6 is 0 Å². The predicted octanol–water partition coefficient (Wildman–Crippen LogP) is 4.87. The number of amides is 3. The number of nitrogens with one attached hydrogen (secondary N) is 1. The van der Waals surface area contributed by atoms with E-state index in [2.05, 4.69) is 16.6 Å². The number of imide groups is 1. The van der Waals surface area contributed by atoms with Crippen LogP contribution in [0.15, 0.2) is 77.4 Å². The molecular weight excluding hydrogens is 488 g/mol. The monoisotopic (exact) mass is 516 g/mol. The molecule has 0 saturated carbocycles. The van der Waals surface area contributed by atoms with Gasteiger partial charge in [0.25, 0.3) is 5.91 Å². The van der Waals surface area contributed by atoms with Gasteiger partial charge in [-0.25, -0.2) is 9.59 Å². The Labute approximate surface area is 220 Å². The van der Waals surface area contributed by atoms with Crippen LogP contribution in [0.5, 0.6) is 11.5 Å². The summed E-state index contributed by atoms with van der Waals surface area (Å²) in [6, 6.07) is 15.8. The van der Waals surface area contributed by atoms with E-state index < -0.39 is 17.9 Å². The summed E-state index contributed by atoms with van der Waals surface area (Å²) < 4.78 is 22.0. The van der Waals surface area contributed by atoms with E-state index in [-0.39, 0.29) is 23.8 Å². The van der Waals surface area contributed by atoms with Crippen molar-refractivity contribution < 1.29 is 33.0 Å². The predicted molar refractivity (Wildman–Crippen MR) is 139 cm³/mol. The van der Waals surface area contributed by atoms with E-state index in [0.717, 1.165) is 16.0 Å². The molecule has 1 aromatic heterocycles. The SMILES string of the molecule is C=CCc1cc(/C=C2\NC(=O)N(Cc3ccc(C(=O)OC)o3)C2=O)cc(OCC)c1OCc1ccccc1. The van der Waals surface area contributed by atoms with Gasteiger partial charge in [0.1, 0.15) is 18.1 Å². The van der Waals surface area contributed by atoms with E-state index in [1.165, 1.54) is 19.2 Å². The van der Waals surface area contributed by atoms with Gasteiger partial charge in [-0.05, 0) is 54.8 Å². The molecular formula is C29H28N2O7. The largest absolute Gasteiger partial charge is 0.490 e. The molecule has 1 saturated heterocycles. The fraction of sp³-hybridized carbons (Fsp3) is 0.207. The van der Waals surface area contributed by atoms with Gasteiger partial charge < -0.3 is 23.9 Å². The minimum Gasteiger partial charge on any atom is -0.490 e. The summed E-state index contributed by atoms with van der Waals surface area (Å²) in [7, 11) is 1.23. The highest BCUT2D eigenvalue weighted by atomic mass is 16.5. The number of allylic oxidation sites excluding steroid dienone is 1. The average molecular weight is 517 g/mol. The van der Waals surface area contributed by atoms with Crippen molar-refractivity contribution in [2.24, 2.45) is 0 Å². The number of rotatable bonds is 11. The van der Waals surface area contributed by atoms with Crippen LogP contribution in [0.4, 0.5) is 4.79 Å². The molecule has 3 amide bonds. The lowest BCUT2D eigenvalue weighted by Crippen LogP contribution is -2.30. The van der Waals surface area contributed by atoms with Crippen LogP contribution in [0.3, 0.4) is 0 Å². The molecule has 4 rings (SSSR count). The highest BCUT2D eigenvalue weighted by Gasteiger charge is 2.34. The topological polar surface area (TPSA) is 107 Å². The van der Waals surface area contributed by atoms with Gasteiger partial charge >= 0.3 is 12.0 Å². The van der Waals surface area contributed by atoms with E-state index in [1.807, 2.05) is 43.3 Å². The number of furan rings is 1. The van der Waals surface area contributed by atoms with Crippen molar-refractivity contribution in [3.63, 3.8) is 0 Å². The van der Waals surface area contributed by atoms with Crippen molar-refractivity contribution in [1.29, 1.82) is 0 Å². The molecule has 3 aromatic rings. The highest BCUT2D eigenvalue weighted by molar-refractivity contribution is 6.13. The summed E-state index contributed by atoms with van der Waals surface area (Å²) in [6.07, 6.45) is 3.85. The molecule has 0 atom stereocenters. The number of carbonyl (C=O) groups excluding carboxylic acids is 3. The Morgan fingerprint density at radius 1 is 1.11 bits per heavy atom.